The largest absolute Gasteiger partial charge is 0.337 e. The van der Waals surface area contributed by atoms with Gasteiger partial charge in [-0.3, -0.25) is 9.59 Å². The molecule has 0 aliphatic heterocycles. The Hall–Kier alpha value is -2.37. The monoisotopic (exact) mass is 387 g/mol. The van der Waals surface area contributed by atoms with E-state index < -0.39 is 0 Å². The van der Waals surface area contributed by atoms with Crippen molar-refractivity contribution in [3.63, 3.8) is 0 Å². The molecule has 0 unspecified atom stereocenters. The predicted molar refractivity (Wildman–Crippen MR) is 110 cm³/mol. The summed E-state index contributed by atoms with van der Waals surface area (Å²) in [6, 6.07) is 17.2. The lowest BCUT2D eigenvalue weighted by Gasteiger charge is -2.22. The van der Waals surface area contributed by atoms with Crippen LogP contribution >= 0.6 is 12.4 Å². The van der Waals surface area contributed by atoms with E-state index in [-0.39, 0.29) is 30.1 Å². The van der Waals surface area contributed by atoms with Crippen molar-refractivity contribution in [1.82, 2.24) is 4.90 Å². The molecule has 1 fully saturated rings. The number of hydrogen-bond donors (Lipinski definition) is 2. The Bertz CT molecular complexity index is 746. The third-order valence-electron chi connectivity index (χ3n) is 4.55. The summed E-state index contributed by atoms with van der Waals surface area (Å²) in [5, 5.41) is 2.89. The summed E-state index contributed by atoms with van der Waals surface area (Å²) in [6.45, 7) is 1.57. The topological polar surface area (TPSA) is 75.4 Å². The molecule has 0 saturated heterocycles. The van der Waals surface area contributed by atoms with E-state index in [0.717, 1.165) is 24.9 Å². The Balaban J connectivity index is 0.00000261. The first-order valence-corrected chi connectivity index (χ1v) is 9.11. The number of nitrogens with two attached hydrogens (primary N) is 1. The minimum atomic E-state index is -0.0357. The molecule has 2 amide bonds. The maximum atomic E-state index is 12.8. The van der Waals surface area contributed by atoms with Crippen LogP contribution in [0, 0.1) is 5.92 Å². The van der Waals surface area contributed by atoms with Gasteiger partial charge in [0, 0.05) is 36.8 Å². The number of carbonyl (C=O) groups is 2. The average Bonchev–Trinajstić information content (AvgIpc) is 3.51. The standard InChI is InChI=1S/C21H25N3O2.ClH/c22-13-15-24(14-12-16-4-2-1-3-5-16)21(26)18-8-10-19(11-9-18)23-20(25)17-6-7-17;/h1-5,8-11,17H,6-7,12-15,22H2,(H,23,25);1H. The van der Waals surface area contributed by atoms with Crippen molar-refractivity contribution in [3.8, 4) is 0 Å². The molecule has 0 heterocycles. The number of rotatable bonds is 8. The van der Waals surface area contributed by atoms with Crippen molar-refractivity contribution in [1.29, 1.82) is 0 Å². The lowest BCUT2D eigenvalue weighted by atomic mass is 10.1. The van der Waals surface area contributed by atoms with Gasteiger partial charge in [0.25, 0.3) is 5.91 Å². The highest BCUT2D eigenvalue weighted by atomic mass is 35.5. The van der Waals surface area contributed by atoms with E-state index >= 15 is 0 Å². The van der Waals surface area contributed by atoms with E-state index in [9.17, 15) is 9.59 Å². The number of amides is 2. The van der Waals surface area contributed by atoms with Crippen LogP contribution in [-0.4, -0.2) is 36.3 Å². The molecule has 5 nitrogen and oxygen atoms in total. The normalized spacial score (nSPS) is 12.8. The second-order valence-electron chi connectivity index (χ2n) is 6.66. The maximum Gasteiger partial charge on any atom is 0.253 e. The van der Waals surface area contributed by atoms with Crippen LogP contribution in [0.4, 0.5) is 5.69 Å². The van der Waals surface area contributed by atoms with Crippen molar-refractivity contribution in [2.75, 3.05) is 25.0 Å². The summed E-state index contributed by atoms with van der Waals surface area (Å²) in [4.78, 5) is 26.4. The van der Waals surface area contributed by atoms with Crippen molar-refractivity contribution in [2.45, 2.75) is 19.3 Å². The number of nitrogens with one attached hydrogen (secondary N) is 1. The molecule has 27 heavy (non-hydrogen) atoms. The Morgan fingerprint density at radius 1 is 1.00 bits per heavy atom. The second-order valence-corrected chi connectivity index (χ2v) is 6.66. The first-order chi connectivity index (χ1) is 12.7. The van der Waals surface area contributed by atoms with E-state index in [2.05, 4.69) is 17.4 Å². The fourth-order valence-electron chi connectivity index (χ4n) is 2.85. The molecule has 0 bridgehead atoms. The fraction of sp³-hybridized carbons (Fsp3) is 0.333. The molecule has 2 aromatic carbocycles. The van der Waals surface area contributed by atoms with Crippen molar-refractivity contribution in [2.24, 2.45) is 11.7 Å². The predicted octanol–water partition coefficient (Wildman–Crippen LogP) is 3.10. The summed E-state index contributed by atoms with van der Waals surface area (Å²) < 4.78 is 0. The van der Waals surface area contributed by atoms with Gasteiger partial charge < -0.3 is 16.0 Å². The van der Waals surface area contributed by atoms with Crippen molar-refractivity contribution >= 4 is 29.9 Å². The molecule has 1 saturated carbocycles. The molecule has 0 atom stereocenters. The van der Waals surface area contributed by atoms with E-state index in [0.29, 0.717) is 25.2 Å². The minimum absolute atomic E-state index is 0. The SMILES string of the molecule is Cl.NCCN(CCc1ccccc1)C(=O)c1ccc(NC(=O)C2CC2)cc1. The van der Waals surface area contributed by atoms with Crippen LogP contribution in [0.2, 0.25) is 0 Å². The second kappa shape index (κ2) is 10.1. The average molecular weight is 388 g/mol. The van der Waals surface area contributed by atoms with Gasteiger partial charge in [-0.05, 0) is 49.1 Å². The minimum Gasteiger partial charge on any atom is -0.337 e. The molecule has 0 aromatic heterocycles. The lowest BCUT2D eigenvalue weighted by Crippen LogP contribution is -2.36. The third kappa shape index (κ3) is 6.08. The molecule has 2 aromatic rings. The Kier molecular flexibility index (Phi) is 7.82. The number of hydrogen-bond acceptors (Lipinski definition) is 3. The zero-order valence-corrected chi connectivity index (χ0v) is 16.1. The first kappa shape index (κ1) is 20.9. The van der Waals surface area contributed by atoms with Gasteiger partial charge in [0.2, 0.25) is 5.91 Å². The van der Waals surface area contributed by atoms with Crippen LogP contribution in [0.25, 0.3) is 0 Å². The molecular weight excluding hydrogens is 362 g/mol. The number of carbonyl (C=O) groups excluding carboxylic acids is 2. The van der Waals surface area contributed by atoms with E-state index in [1.54, 1.807) is 29.2 Å². The van der Waals surface area contributed by atoms with Gasteiger partial charge in [-0.15, -0.1) is 12.4 Å². The summed E-state index contributed by atoms with van der Waals surface area (Å²) in [6.07, 6.45) is 2.73. The molecule has 144 valence electrons. The maximum absolute atomic E-state index is 12.8. The quantitative estimate of drug-likeness (QED) is 0.730. The molecule has 3 N–H and O–H groups in total. The number of anilines is 1. The lowest BCUT2D eigenvalue weighted by molar-refractivity contribution is -0.117. The molecular formula is C21H26ClN3O2. The summed E-state index contributed by atoms with van der Waals surface area (Å²) >= 11 is 0. The summed E-state index contributed by atoms with van der Waals surface area (Å²) in [5.41, 5.74) is 8.22. The van der Waals surface area contributed by atoms with Gasteiger partial charge in [-0.25, -0.2) is 0 Å². The first-order valence-electron chi connectivity index (χ1n) is 9.11. The highest BCUT2D eigenvalue weighted by Crippen LogP contribution is 2.30. The highest BCUT2D eigenvalue weighted by Gasteiger charge is 2.29. The van der Waals surface area contributed by atoms with Crippen LogP contribution in [0.15, 0.2) is 54.6 Å². The molecule has 0 spiro atoms. The molecule has 3 rings (SSSR count). The molecule has 0 radical (unpaired) electrons. The number of halogens is 1. The molecule has 6 heteroatoms. The molecule has 1 aliphatic carbocycles. The zero-order valence-electron chi connectivity index (χ0n) is 15.3. The summed E-state index contributed by atoms with van der Waals surface area (Å²) in [5.74, 6) is 0.192. The van der Waals surface area contributed by atoms with Gasteiger partial charge in [-0.1, -0.05) is 30.3 Å². The Morgan fingerprint density at radius 3 is 2.26 bits per heavy atom. The van der Waals surface area contributed by atoms with Gasteiger partial charge >= 0.3 is 0 Å². The van der Waals surface area contributed by atoms with E-state index in [1.807, 2.05) is 18.2 Å². The summed E-state index contributed by atoms with van der Waals surface area (Å²) in [7, 11) is 0. The van der Waals surface area contributed by atoms with Gasteiger partial charge in [0.05, 0.1) is 0 Å². The zero-order chi connectivity index (χ0) is 18.4. The van der Waals surface area contributed by atoms with Crippen LogP contribution in [-0.2, 0) is 11.2 Å². The highest BCUT2D eigenvalue weighted by molar-refractivity contribution is 5.96. The Morgan fingerprint density at radius 2 is 1.67 bits per heavy atom. The van der Waals surface area contributed by atoms with Crippen molar-refractivity contribution < 1.29 is 9.59 Å². The van der Waals surface area contributed by atoms with Gasteiger partial charge in [0.1, 0.15) is 0 Å². The van der Waals surface area contributed by atoms with Gasteiger partial charge in [0.15, 0.2) is 0 Å². The fourth-order valence-corrected chi connectivity index (χ4v) is 2.85. The van der Waals surface area contributed by atoms with Crippen molar-refractivity contribution in [3.05, 3.63) is 65.7 Å². The molecule has 1 aliphatic rings. The number of nitrogens with zero attached hydrogens (tertiary/aromatic N) is 1. The van der Waals surface area contributed by atoms with E-state index in [4.69, 9.17) is 5.73 Å². The number of benzene rings is 2. The van der Waals surface area contributed by atoms with Crippen LogP contribution in [0.3, 0.4) is 0 Å². The van der Waals surface area contributed by atoms with Crippen LogP contribution < -0.4 is 11.1 Å². The van der Waals surface area contributed by atoms with E-state index in [1.165, 1.54) is 5.56 Å². The van der Waals surface area contributed by atoms with Crippen LogP contribution in [0.5, 0.6) is 0 Å². The third-order valence-corrected chi connectivity index (χ3v) is 4.55. The van der Waals surface area contributed by atoms with Crippen LogP contribution in [0.1, 0.15) is 28.8 Å². The van der Waals surface area contributed by atoms with Gasteiger partial charge in [-0.2, -0.15) is 0 Å². The Labute approximate surface area is 166 Å². The smallest absolute Gasteiger partial charge is 0.253 e.